The van der Waals surface area contributed by atoms with Crippen molar-refractivity contribution < 1.29 is 9.53 Å². The highest BCUT2D eigenvalue weighted by atomic mass is 16.5. The van der Waals surface area contributed by atoms with E-state index in [9.17, 15) is 4.79 Å². The molecule has 0 unspecified atom stereocenters. The van der Waals surface area contributed by atoms with Gasteiger partial charge in [0.05, 0.1) is 5.56 Å². The first-order chi connectivity index (χ1) is 8.77. The molecule has 1 aliphatic heterocycles. The van der Waals surface area contributed by atoms with E-state index in [2.05, 4.69) is 9.88 Å². The number of carbonyl (C=O) groups is 1. The summed E-state index contributed by atoms with van der Waals surface area (Å²) in [5.41, 5.74) is 0.566. The number of hydrogen-bond donors (Lipinski definition) is 0. The smallest absolute Gasteiger partial charge is 0.224 e. The van der Waals surface area contributed by atoms with Crippen LogP contribution in [0.3, 0.4) is 0 Å². The number of rotatable bonds is 5. The fourth-order valence-corrected chi connectivity index (χ4v) is 2.23. The molecule has 1 aliphatic rings. The molecule has 2 rings (SSSR count). The number of piperidine rings is 1. The third-order valence-electron chi connectivity index (χ3n) is 3.25. The maximum Gasteiger partial charge on any atom is 0.224 e. The molecule has 1 aromatic rings. The molecule has 0 radical (unpaired) electrons. The summed E-state index contributed by atoms with van der Waals surface area (Å²) in [5.74, 6) is 0.457. The number of pyridine rings is 1. The van der Waals surface area contributed by atoms with Crippen LogP contribution in [-0.2, 0) is 0 Å². The molecule has 1 saturated heterocycles. The summed E-state index contributed by atoms with van der Waals surface area (Å²) in [4.78, 5) is 17.9. The second-order valence-corrected chi connectivity index (χ2v) is 4.66. The summed E-state index contributed by atoms with van der Waals surface area (Å²) in [5, 5.41) is 0. The Balaban J connectivity index is 1.84. The molecule has 0 amide bonds. The van der Waals surface area contributed by atoms with E-state index in [1.165, 1.54) is 26.2 Å². The van der Waals surface area contributed by atoms with Gasteiger partial charge in [-0.25, -0.2) is 4.98 Å². The van der Waals surface area contributed by atoms with Crippen LogP contribution in [0.5, 0.6) is 5.88 Å². The Hall–Kier alpha value is -1.42. The number of carbonyl (C=O) groups excluding carboxylic acids is 1. The lowest BCUT2D eigenvalue weighted by Crippen LogP contribution is -2.33. The van der Waals surface area contributed by atoms with Gasteiger partial charge in [-0.05, 0) is 45.0 Å². The van der Waals surface area contributed by atoms with Gasteiger partial charge >= 0.3 is 0 Å². The van der Waals surface area contributed by atoms with E-state index < -0.39 is 0 Å². The van der Waals surface area contributed by atoms with E-state index >= 15 is 0 Å². The van der Waals surface area contributed by atoms with E-state index in [4.69, 9.17) is 4.74 Å². The Labute approximate surface area is 108 Å². The first-order valence-electron chi connectivity index (χ1n) is 6.58. The predicted molar refractivity (Wildman–Crippen MR) is 70.0 cm³/mol. The first kappa shape index (κ1) is 13.0. The number of ether oxygens (including phenoxy) is 1. The van der Waals surface area contributed by atoms with Gasteiger partial charge in [0.1, 0.15) is 6.61 Å². The van der Waals surface area contributed by atoms with Crippen molar-refractivity contribution in [2.24, 2.45) is 0 Å². The van der Waals surface area contributed by atoms with Crippen LogP contribution in [0.15, 0.2) is 18.3 Å². The Morgan fingerprint density at radius 3 is 2.89 bits per heavy atom. The molecule has 4 nitrogen and oxygen atoms in total. The average Bonchev–Trinajstić information content (AvgIpc) is 2.40. The van der Waals surface area contributed by atoms with Gasteiger partial charge in [-0.3, -0.25) is 9.69 Å². The lowest BCUT2D eigenvalue weighted by molar-refractivity contribution is 0.101. The van der Waals surface area contributed by atoms with Crippen LogP contribution in [0, 0.1) is 0 Å². The fourth-order valence-electron chi connectivity index (χ4n) is 2.23. The highest BCUT2D eigenvalue weighted by Gasteiger charge is 2.12. The molecule has 0 aliphatic carbocycles. The van der Waals surface area contributed by atoms with Crippen LogP contribution in [0.2, 0.25) is 0 Å². The fraction of sp³-hybridized carbons (Fsp3) is 0.571. The summed E-state index contributed by atoms with van der Waals surface area (Å²) in [7, 11) is 0. The van der Waals surface area contributed by atoms with Crippen molar-refractivity contribution in [2.75, 3.05) is 26.2 Å². The molecule has 2 heterocycles. The van der Waals surface area contributed by atoms with Gasteiger partial charge in [0.15, 0.2) is 5.78 Å². The van der Waals surface area contributed by atoms with Gasteiger partial charge in [-0.1, -0.05) is 6.42 Å². The van der Waals surface area contributed by atoms with E-state index in [-0.39, 0.29) is 5.78 Å². The Bertz CT molecular complexity index is 401. The zero-order chi connectivity index (χ0) is 12.8. The summed E-state index contributed by atoms with van der Waals surface area (Å²) >= 11 is 0. The molecule has 18 heavy (non-hydrogen) atoms. The largest absolute Gasteiger partial charge is 0.476 e. The summed E-state index contributed by atoms with van der Waals surface area (Å²) in [6.07, 6.45) is 5.55. The third kappa shape index (κ3) is 3.53. The van der Waals surface area contributed by atoms with E-state index in [0.29, 0.717) is 18.1 Å². The molecule has 0 atom stereocenters. The van der Waals surface area contributed by atoms with Gasteiger partial charge in [-0.2, -0.15) is 0 Å². The van der Waals surface area contributed by atoms with Crippen LogP contribution >= 0.6 is 0 Å². The SMILES string of the molecule is CC(=O)c1cccnc1OCCN1CCCCC1. The predicted octanol–water partition coefficient (Wildman–Crippen LogP) is 2.15. The minimum absolute atomic E-state index is 0.00364. The number of Topliss-reactive ketones (excluding diaryl/α,β-unsaturated/α-hetero) is 1. The second-order valence-electron chi connectivity index (χ2n) is 4.66. The Morgan fingerprint density at radius 2 is 2.17 bits per heavy atom. The number of hydrogen-bond acceptors (Lipinski definition) is 4. The Morgan fingerprint density at radius 1 is 1.39 bits per heavy atom. The number of nitrogens with zero attached hydrogens (tertiary/aromatic N) is 2. The van der Waals surface area contributed by atoms with Crippen molar-refractivity contribution >= 4 is 5.78 Å². The monoisotopic (exact) mass is 248 g/mol. The van der Waals surface area contributed by atoms with Crippen molar-refractivity contribution in [1.82, 2.24) is 9.88 Å². The Kier molecular flexibility index (Phi) is 4.70. The summed E-state index contributed by atoms with van der Waals surface area (Å²) < 4.78 is 5.63. The molecule has 0 aromatic carbocycles. The van der Waals surface area contributed by atoms with Crippen molar-refractivity contribution in [1.29, 1.82) is 0 Å². The van der Waals surface area contributed by atoms with Crippen molar-refractivity contribution in [2.45, 2.75) is 26.2 Å². The van der Waals surface area contributed by atoms with Crippen LogP contribution in [0.1, 0.15) is 36.5 Å². The summed E-state index contributed by atoms with van der Waals surface area (Å²) in [6.45, 7) is 5.36. The number of likely N-dealkylation sites (tertiary alicyclic amines) is 1. The van der Waals surface area contributed by atoms with E-state index in [1.807, 2.05) is 0 Å². The molecule has 4 heteroatoms. The highest BCUT2D eigenvalue weighted by Crippen LogP contribution is 2.15. The second kappa shape index (κ2) is 6.50. The lowest BCUT2D eigenvalue weighted by Gasteiger charge is -2.26. The first-order valence-corrected chi connectivity index (χ1v) is 6.58. The normalized spacial score (nSPS) is 16.5. The van der Waals surface area contributed by atoms with Gasteiger partial charge in [-0.15, -0.1) is 0 Å². The molecule has 98 valence electrons. The molecule has 1 fully saturated rings. The molecular formula is C14H20N2O2. The molecule has 0 bridgehead atoms. The van der Waals surface area contributed by atoms with E-state index in [1.54, 1.807) is 18.3 Å². The van der Waals surface area contributed by atoms with Crippen LogP contribution in [-0.4, -0.2) is 41.9 Å². The minimum Gasteiger partial charge on any atom is -0.476 e. The zero-order valence-corrected chi connectivity index (χ0v) is 10.9. The van der Waals surface area contributed by atoms with Gasteiger partial charge in [0.25, 0.3) is 0 Å². The van der Waals surface area contributed by atoms with Gasteiger partial charge in [0, 0.05) is 12.7 Å². The number of ketones is 1. The quantitative estimate of drug-likeness (QED) is 0.749. The molecule has 0 N–H and O–H groups in total. The molecular weight excluding hydrogens is 228 g/mol. The van der Waals surface area contributed by atoms with Crippen LogP contribution in [0.25, 0.3) is 0 Å². The molecule has 1 aromatic heterocycles. The van der Waals surface area contributed by atoms with Crippen LogP contribution < -0.4 is 4.74 Å². The summed E-state index contributed by atoms with van der Waals surface area (Å²) in [6, 6.07) is 3.51. The van der Waals surface area contributed by atoms with Crippen molar-refractivity contribution in [3.8, 4) is 5.88 Å². The van der Waals surface area contributed by atoms with E-state index in [0.717, 1.165) is 19.6 Å². The average molecular weight is 248 g/mol. The molecule has 0 spiro atoms. The van der Waals surface area contributed by atoms with Crippen molar-refractivity contribution in [3.63, 3.8) is 0 Å². The zero-order valence-electron chi connectivity index (χ0n) is 10.9. The highest BCUT2D eigenvalue weighted by molar-refractivity contribution is 5.96. The minimum atomic E-state index is -0.00364. The van der Waals surface area contributed by atoms with Crippen LogP contribution in [0.4, 0.5) is 0 Å². The maximum absolute atomic E-state index is 11.4. The topological polar surface area (TPSA) is 42.4 Å². The molecule has 0 saturated carbocycles. The lowest BCUT2D eigenvalue weighted by atomic mass is 10.1. The number of aromatic nitrogens is 1. The van der Waals surface area contributed by atoms with Crippen molar-refractivity contribution in [3.05, 3.63) is 23.9 Å². The van der Waals surface area contributed by atoms with Gasteiger partial charge < -0.3 is 4.74 Å². The third-order valence-corrected chi connectivity index (χ3v) is 3.25. The van der Waals surface area contributed by atoms with Gasteiger partial charge in [0.2, 0.25) is 5.88 Å². The standard InChI is InChI=1S/C14H20N2O2/c1-12(17)13-6-5-7-15-14(13)18-11-10-16-8-3-2-4-9-16/h5-7H,2-4,8-11H2,1H3. The maximum atomic E-state index is 11.4.